The first-order valence-corrected chi connectivity index (χ1v) is 6.50. The Bertz CT molecular complexity index is 585. The molecule has 2 N–H and O–H groups in total. The van der Waals surface area contributed by atoms with Crippen LogP contribution in [0.2, 0.25) is 0 Å². The zero-order valence-electron chi connectivity index (χ0n) is 11.6. The van der Waals surface area contributed by atoms with E-state index in [2.05, 4.69) is 0 Å². The van der Waals surface area contributed by atoms with Gasteiger partial charge in [0, 0.05) is 0 Å². The minimum atomic E-state index is -1.21. The molecule has 0 saturated carbocycles. The van der Waals surface area contributed by atoms with Gasteiger partial charge in [0.2, 0.25) is 0 Å². The third-order valence-corrected chi connectivity index (χ3v) is 3.57. The lowest BCUT2D eigenvalue weighted by molar-refractivity contribution is -0.153. The Balaban J connectivity index is 2.27. The van der Waals surface area contributed by atoms with Gasteiger partial charge in [0.15, 0.2) is 0 Å². The third-order valence-electron chi connectivity index (χ3n) is 3.57. The van der Waals surface area contributed by atoms with E-state index in [0.717, 1.165) is 11.1 Å². The second-order valence-corrected chi connectivity index (χ2v) is 5.42. The van der Waals surface area contributed by atoms with Gasteiger partial charge in [-0.1, -0.05) is 54.6 Å². The minimum absolute atomic E-state index is 0.608. The molecule has 0 spiro atoms. The van der Waals surface area contributed by atoms with Gasteiger partial charge in [-0.2, -0.15) is 0 Å². The maximum absolute atomic E-state index is 11.2. The van der Waals surface area contributed by atoms with E-state index in [0.29, 0.717) is 5.56 Å². The number of benzene rings is 2. The summed E-state index contributed by atoms with van der Waals surface area (Å²) in [5.74, 6) is -1.02. The predicted molar refractivity (Wildman–Crippen MR) is 78.3 cm³/mol. The van der Waals surface area contributed by atoms with E-state index in [1.807, 2.05) is 42.5 Å². The molecule has 3 heteroatoms. The summed E-state index contributed by atoms with van der Waals surface area (Å²) < 4.78 is 0. The van der Waals surface area contributed by atoms with Crippen molar-refractivity contribution >= 4 is 5.97 Å². The quantitative estimate of drug-likeness (QED) is 0.894. The number of aliphatic carboxylic acids is 1. The third kappa shape index (κ3) is 2.73. The molecule has 0 aromatic heterocycles. The summed E-state index contributed by atoms with van der Waals surface area (Å²) in [6.45, 7) is 3.04. The molecule has 0 saturated heterocycles. The number of rotatable bonds is 4. The smallest absolute Gasteiger partial charge is 0.312 e. The molecule has 0 aliphatic carbocycles. The fourth-order valence-corrected chi connectivity index (χ4v) is 2.02. The maximum Gasteiger partial charge on any atom is 0.312 e. The average Bonchev–Trinajstić information content (AvgIpc) is 2.47. The van der Waals surface area contributed by atoms with Crippen LogP contribution in [-0.2, 0) is 4.79 Å². The maximum atomic E-state index is 11.2. The van der Waals surface area contributed by atoms with E-state index >= 15 is 0 Å². The van der Waals surface area contributed by atoms with Crippen molar-refractivity contribution in [3.63, 3.8) is 0 Å². The average molecular weight is 270 g/mol. The van der Waals surface area contributed by atoms with Gasteiger partial charge in [0.1, 0.15) is 0 Å². The Morgan fingerprint density at radius 1 is 0.950 bits per heavy atom. The standard InChI is InChI=1S/C17H18O3/c1-17(2,16(19)20)15(18)14-10-8-13(9-11-14)12-6-4-3-5-7-12/h3-11,15,18H,1-2H3,(H,19,20). The first-order valence-electron chi connectivity index (χ1n) is 6.50. The molecule has 0 radical (unpaired) electrons. The molecule has 0 bridgehead atoms. The Hall–Kier alpha value is -2.13. The van der Waals surface area contributed by atoms with E-state index in [4.69, 9.17) is 5.11 Å². The second-order valence-electron chi connectivity index (χ2n) is 5.42. The minimum Gasteiger partial charge on any atom is -0.481 e. The van der Waals surface area contributed by atoms with Crippen LogP contribution in [0.4, 0.5) is 0 Å². The molecule has 0 aliphatic rings. The molecule has 2 rings (SSSR count). The molecule has 0 heterocycles. The van der Waals surface area contributed by atoms with Crippen molar-refractivity contribution in [2.75, 3.05) is 0 Å². The number of carboxylic acid groups (broad SMARTS) is 1. The highest BCUT2D eigenvalue weighted by Gasteiger charge is 2.36. The summed E-state index contributed by atoms with van der Waals surface area (Å²) in [5, 5.41) is 19.3. The molecule has 1 atom stereocenters. The Labute approximate surface area is 118 Å². The van der Waals surface area contributed by atoms with Gasteiger partial charge in [-0.3, -0.25) is 4.79 Å². The van der Waals surface area contributed by atoms with Crippen LogP contribution < -0.4 is 0 Å². The molecule has 3 nitrogen and oxygen atoms in total. The van der Waals surface area contributed by atoms with Crippen LogP contribution in [0.25, 0.3) is 11.1 Å². The Morgan fingerprint density at radius 3 is 1.95 bits per heavy atom. The van der Waals surface area contributed by atoms with Crippen molar-refractivity contribution in [3.05, 3.63) is 60.2 Å². The highest BCUT2D eigenvalue weighted by Crippen LogP contribution is 2.34. The molecule has 0 fully saturated rings. The lowest BCUT2D eigenvalue weighted by Crippen LogP contribution is -2.31. The van der Waals surface area contributed by atoms with Gasteiger partial charge in [0.25, 0.3) is 0 Å². The Kier molecular flexibility index (Phi) is 3.91. The van der Waals surface area contributed by atoms with Gasteiger partial charge in [-0.05, 0) is 30.5 Å². The van der Waals surface area contributed by atoms with Crippen LogP contribution in [0.5, 0.6) is 0 Å². The van der Waals surface area contributed by atoms with Crippen molar-refractivity contribution in [2.24, 2.45) is 5.41 Å². The lowest BCUT2D eigenvalue weighted by Gasteiger charge is -2.26. The van der Waals surface area contributed by atoms with Gasteiger partial charge in [-0.25, -0.2) is 0 Å². The zero-order valence-corrected chi connectivity index (χ0v) is 11.6. The van der Waals surface area contributed by atoms with E-state index in [9.17, 15) is 9.90 Å². The highest BCUT2D eigenvalue weighted by molar-refractivity contribution is 5.75. The molecule has 2 aromatic carbocycles. The molecule has 1 unspecified atom stereocenters. The molecule has 2 aromatic rings. The summed E-state index contributed by atoms with van der Waals surface area (Å²) in [4.78, 5) is 11.2. The first-order chi connectivity index (χ1) is 9.43. The van der Waals surface area contributed by atoms with Crippen LogP contribution in [0, 0.1) is 5.41 Å². The second kappa shape index (κ2) is 5.47. The van der Waals surface area contributed by atoms with Crippen molar-refractivity contribution in [1.29, 1.82) is 0 Å². The van der Waals surface area contributed by atoms with Gasteiger partial charge >= 0.3 is 5.97 Å². The fourth-order valence-electron chi connectivity index (χ4n) is 2.02. The number of carbonyl (C=O) groups is 1. The topological polar surface area (TPSA) is 57.5 Å². The normalized spacial score (nSPS) is 12.9. The summed E-state index contributed by atoms with van der Waals surface area (Å²) in [6, 6.07) is 17.2. The number of hydrogen-bond acceptors (Lipinski definition) is 2. The fraction of sp³-hybridized carbons (Fsp3) is 0.235. The van der Waals surface area contributed by atoms with Crippen molar-refractivity contribution in [2.45, 2.75) is 20.0 Å². The first kappa shape index (κ1) is 14.3. The van der Waals surface area contributed by atoms with Gasteiger partial charge < -0.3 is 10.2 Å². The van der Waals surface area contributed by atoms with Crippen LogP contribution in [0.15, 0.2) is 54.6 Å². The van der Waals surface area contributed by atoms with Crippen molar-refractivity contribution in [3.8, 4) is 11.1 Å². The van der Waals surface area contributed by atoms with E-state index in [1.165, 1.54) is 13.8 Å². The summed E-state index contributed by atoms with van der Waals surface area (Å²) in [6.07, 6.45) is -1.04. The molecule has 20 heavy (non-hydrogen) atoms. The van der Waals surface area contributed by atoms with Crippen LogP contribution in [-0.4, -0.2) is 16.2 Å². The predicted octanol–water partition coefficient (Wildman–Crippen LogP) is 3.50. The zero-order chi connectivity index (χ0) is 14.8. The van der Waals surface area contributed by atoms with E-state index in [1.54, 1.807) is 12.1 Å². The largest absolute Gasteiger partial charge is 0.481 e. The van der Waals surface area contributed by atoms with E-state index < -0.39 is 17.5 Å². The molecule has 0 aliphatic heterocycles. The van der Waals surface area contributed by atoms with Crippen LogP contribution >= 0.6 is 0 Å². The number of hydrogen-bond donors (Lipinski definition) is 2. The van der Waals surface area contributed by atoms with Crippen LogP contribution in [0.1, 0.15) is 25.5 Å². The van der Waals surface area contributed by atoms with E-state index in [-0.39, 0.29) is 0 Å². The molecule has 104 valence electrons. The molecule has 0 amide bonds. The summed E-state index contributed by atoms with van der Waals surface area (Å²) in [5.41, 5.74) is 1.52. The van der Waals surface area contributed by atoms with Crippen molar-refractivity contribution < 1.29 is 15.0 Å². The van der Waals surface area contributed by atoms with Crippen LogP contribution in [0.3, 0.4) is 0 Å². The lowest BCUT2D eigenvalue weighted by atomic mass is 9.82. The molecular formula is C17H18O3. The number of carboxylic acids is 1. The molecular weight excluding hydrogens is 252 g/mol. The number of aliphatic hydroxyl groups is 1. The Morgan fingerprint density at radius 2 is 1.45 bits per heavy atom. The summed E-state index contributed by atoms with van der Waals surface area (Å²) >= 11 is 0. The van der Waals surface area contributed by atoms with Crippen molar-refractivity contribution in [1.82, 2.24) is 0 Å². The number of aliphatic hydroxyl groups excluding tert-OH is 1. The van der Waals surface area contributed by atoms with Gasteiger partial charge in [-0.15, -0.1) is 0 Å². The monoisotopic (exact) mass is 270 g/mol. The SMILES string of the molecule is CC(C)(C(=O)O)C(O)c1ccc(-c2ccccc2)cc1. The highest BCUT2D eigenvalue weighted by atomic mass is 16.4. The summed E-state index contributed by atoms with van der Waals surface area (Å²) in [7, 11) is 0. The van der Waals surface area contributed by atoms with Gasteiger partial charge in [0.05, 0.1) is 11.5 Å².